The zero-order valence-corrected chi connectivity index (χ0v) is 19.6. The molecule has 0 aliphatic rings. The van der Waals surface area contributed by atoms with Crippen LogP contribution in [0.25, 0.3) is 16.6 Å². The van der Waals surface area contributed by atoms with Gasteiger partial charge in [0.2, 0.25) is 5.91 Å². The van der Waals surface area contributed by atoms with E-state index in [9.17, 15) is 9.59 Å². The van der Waals surface area contributed by atoms with Crippen molar-refractivity contribution in [2.75, 3.05) is 19.9 Å². The van der Waals surface area contributed by atoms with Crippen molar-refractivity contribution in [1.82, 2.24) is 14.5 Å². The molecule has 0 N–H and O–H groups in total. The summed E-state index contributed by atoms with van der Waals surface area (Å²) in [4.78, 5) is 32.6. The van der Waals surface area contributed by atoms with Crippen LogP contribution in [-0.2, 0) is 11.3 Å². The molecule has 4 rings (SSSR count). The lowest BCUT2D eigenvalue weighted by atomic mass is 10.2. The van der Waals surface area contributed by atoms with E-state index in [0.29, 0.717) is 22.6 Å². The van der Waals surface area contributed by atoms with E-state index in [1.54, 1.807) is 29.7 Å². The number of nitrogens with zero attached hydrogens (tertiary/aromatic N) is 3. The summed E-state index contributed by atoms with van der Waals surface area (Å²) in [5, 5.41) is 1.03. The molecule has 3 aromatic carbocycles. The predicted molar refractivity (Wildman–Crippen MR) is 132 cm³/mol. The second-order valence-corrected chi connectivity index (χ2v) is 8.68. The SMILES string of the molecule is COc1ccccc1CN(C)C(=O)CSc1nc2ccccc2c(=O)n1-c1ccc(C)cc1. The summed E-state index contributed by atoms with van der Waals surface area (Å²) < 4.78 is 6.97. The van der Waals surface area contributed by atoms with Crippen molar-refractivity contribution in [1.29, 1.82) is 0 Å². The van der Waals surface area contributed by atoms with Crippen LogP contribution in [0.5, 0.6) is 5.75 Å². The molecule has 0 aliphatic heterocycles. The summed E-state index contributed by atoms with van der Waals surface area (Å²) in [5.74, 6) is 0.834. The minimum Gasteiger partial charge on any atom is -0.496 e. The molecule has 0 saturated carbocycles. The maximum atomic E-state index is 13.3. The van der Waals surface area contributed by atoms with E-state index < -0.39 is 0 Å². The first-order valence-electron chi connectivity index (χ1n) is 10.6. The number of rotatable bonds is 7. The van der Waals surface area contributed by atoms with E-state index in [1.807, 2.05) is 73.7 Å². The Morgan fingerprint density at radius 1 is 1.03 bits per heavy atom. The molecular weight excluding hydrogens is 434 g/mol. The molecule has 4 aromatic rings. The van der Waals surface area contributed by atoms with Gasteiger partial charge in [0.15, 0.2) is 5.16 Å². The summed E-state index contributed by atoms with van der Waals surface area (Å²) in [5.41, 5.74) is 3.22. The lowest BCUT2D eigenvalue weighted by molar-refractivity contribution is -0.127. The number of carbonyl (C=O) groups excluding carboxylic acids is 1. The first-order chi connectivity index (χ1) is 16.0. The van der Waals surface area contributed by atoms with Crippen LogP contribution < -0.4 is 10.3 Å². The third kappa shape index (κ3) is 4.93. The van der Waals surface area contributed by atoms with E-state index in [0.717, 1.165) is 22.6 Å². The van der Waals surface area contributed by atoms with Gasteiger partial charge in [-0.1, -0.05) is 59.8 Å². The van der Waals surface area contributed by atoms with Crippen LogP contribution in [0.2, 0.25) is 0 Å². The maximum absolute atomic E-state index is 13.3. The first-order valence-corrected chi connectivity index (χ1v) is 11.5. The number of aryl methyl sites for hydroxylation is 1. The molecular formula is C26H25N3O3S. The molecule has 0 radical (unpaired) electrons. The third-order valence-corrected chi connectivity index (χ3v) is 6.31. The minimum absolute atomic E-state index is 0.0660. The Hall–Kier alpha value is -3.58. The zero-order valence-electron chi connectivity index (χ0n) is 18.8. The maximum Gasteiger partial charge on any atom is 0.266 e. The lowest BCUT2D eigenvalue weighted by Gasteiger charge is -2.19. The Labute approximate surface area is 196 Å². The standard InChI is InChI=1S/C26H25N3O3S/c1-18-12-14-20(15-13-18)29-25(31)21-9-5-6-10-22(21)27-26(29)33-17-24(30)28(2)16-19-8-4-7-11-23(19)32-3/h4-15H,16-17H2,1-3H3. The van der Waals surface area contributed by atoms with Gasteiger partial charge in [0, 0.05) is 19.2 Å². The van der Waals surface area contributed by atoms with E-state index >= 15 is 0 Å². The molecule has 7 heteroatoms. The van der Waals surface area contributed by atoms with Crippen molar-refractivity contribution in [3.8, 4) is 11.4 Å². The van der Waals surface area contributed by atoms with Gasteiger partial charge in [-0.25, -0.2) is 4.98 Å². The van der Waals surface area contributed by atoms with Gasteiger partial charge in [0.1, 0.15) is 5.75 Å². The Bertz CT molecular complexity index is 1350. The second-order valence-electron chi connectivity index (χ2n) is 7.74. The van der Waals surface area contributed by atoms with Crippen molar-refractivity contribution in [2.24, 2.45) is 0 Å². The minimum atomic E-state index is -0.151. The number of ether oxygens (including phenoxy) is 1. The first kappa shape index (κ1) is 22.6. The highest BCUT2D eigenvalue weighted by Crippen LogP contribution is 2.23. The fraction of sp³-hybridized carbons (Fsp3) is 0.192. The average molecular weight is 460 g/mol. The summed E-state index contributed by atoms with van der Waals surface area (Å²) in [6.07, 6.45) is 0. The highest BCUT2D eigenvalue weighted by atomic mass is 32.2. The predicted octanol–water partition coefficient (Wildman–Crippen LogP) is 4.45. The molecule has 1 aromatic heterocycles. The van der Waals surface area contributed by atoms with Gasteiger partial charge >= 0.3 is 0 Å². The average Bonchev–Trinajstić information content (AvgIpc) is 2.83. The van der Waals surface area contributed by atoms with Gasteiger partial charge in [0.25, 0.3) is 5.56 Å². The number of para-hydroxylation sites is 2. The van der Waals surface area contributed by atoms with E-state index in [2.05, 4.69) is 0 Å². The second kappa shape index (κ2) is 9.92. The van der Waals surface area contributed by atoms with Crippen LogP contribution in [0, 0.1) is 6.92 Å². The molecule has 0 aliphatic carbocycles. The number of aromatic nitrogens is 2. The van der Waals surface area contributed by atoms with Gasteiger partial charge in [-0.05, 0) is 37.3 Å². The Morgan fingerprint density at radius 2 is 1.73 bits per heavy atom. The Morgan fingerprint density at radius 3 is 2.48 bits per heavy atom. The molecule has 0 fully saturated rings. The van der Waals surface area contributed by atoms with Crippen LogP contribution in [-0.4, -0.2) is 40.3 Å². The molecule has 1 heterocycles. The fourth-order valence-corrected chi connectivity index (χ4v) is 4.50. The van der Waals surface area contributed by atoms with Crippen LogP contribution in [0.15, 0.2) is 82.7 Å². The highest BCUT2D eigenvalue weighted by molar-refractivity contribution is 7.99. The number of hydrogen-bond acceptors (Lipinski definition) is 5. The van der Waals surface area contributed by atoms with E-state index in [-0.39, 0.29) is 17.2 Å². The van der Waals surface area contributed by atoms with Crippen LogP contribution in [0.1, 0.15) is 11.1 Å². The molecule has 0 unspecified atom stereocenters. The van der Waals surface area contributed by atoms with Crippen molar-refractivity contribution in [2.45, 2.75) is 18.6 Å². The van der Waals surface area contributed by atoms with Gasteiger partial charge in [0.05, 0.1) is 29.5 Å². The zero-order chi connectivity index (χ0) is 23.4. The van der Waals surface area contributed by atoms with Crippen molar-refractivity contribution >= 4 is 28.6 Å². The molecule has 0 spiro atoms. The third-order valence-electron chi connectivity index (χ3n) is 5.39. The quantitative estimate of drug-likeness (QED) is 0.302. The summed E-state index contributed by atoms with van der Waals surface area (Å²) in [6, 6.07) is 22.6. The molecule has 0 saturated heterocycles. The smallest absolute Gasteiger partial charge is 0.266 e. The highest BCUT2D eigenvalue weighted by Gasteiger charge is 2.17. The van der Waals surface area contributed by atoms with Crippen LogP contribution in [0.4, 0.5) is 0 Å². The molecule has 0 atom stereocenters. The van der Waals surface area contributed by atoms with E-state index in [1.165, 1.54) is 11.8 Å². The van der Waals surface area contributed by atoms with E-state index in [4.69, 9.17) is 9.72 Å². The monoisotopic (exact) mass is 459 g/mol. The topological polar surface area (TPSA) is 64.4 Å². The molecule has 168 valence electrons. The fourth-order valence-electron chi connectivity index (χ4n) is 3.54. The Balaban J connectivity index is 1.61. The normalized spacial score (nSPS) is 10.9. The molecule has 6 nitrogen and oxygen atoms in total. The Kier molecular flexibility index (Phi) is 6.79. The number of benzene rings is 3. The number of hydrogen-bond donors (Lipinski definition) is 0. The largest absolute Gasteiger partial charge is 0.496 e. The summed E-state index contributed by atoms with van der Waals surface area (Å²) in [7, 11) is 3.38. The van der Waals surface area contributed by atoms with Crippen molar-refractivity contribution in [3.05, 3.63) is 94.3 Å². The molecule has 33 heavy (non-hydrogen) atoms. The number of amides is 1. The summed E-state index contributed by atoms with van der Waals surface area (Å²) >= 11 is 1.26. The van der Waals surface area contributed by atoms with Crippen molar-refractivity contribution in [3.63, 3.8) is 0 Å². The molecule has 1 amide bonds. The lowest BCUT2D eigenvalue weighted by Crippen LogP contribution is -2.28. The van der Waals surface area contributed by atoms with Gasteiger partial charge in [-0.3, -0.25) is 14.2 Å². The van der Waals surface area contributed by atoms with Gasteiger partial charge < -0.3 is 9.64 Å². The van der Waals surface area contributed by atoms with Crippen LogP contribution >= 0.6 is 11.8 Å². The van der Waals surface area contributed by atoms with Gasteiger partial charge in [-0.15, -0.1) is 0 Å². The summed E-state index contributed by atoms with van der Waals surface area (Å²) in [6.45, 7) is 2.43. The number of methoxy groups -OCH3 is 1. The van der Waals surface area contributed by atoms with Crippen molar-refractivity contribution < 1.29 is 9.53 Å². The van der Waals surface area contributed by atoms with Crippen LogP contribution in [0.3, 0.4) is 0 Å². The molecule has 0 bridgehead atoms. The number of carbonyl (C=O) groups is 1. The number of thioether (sulfide) groups is 1. The van der Waals surface area contributed by atoms with Gasteiger partial charge in [-0.2, -0.15) is 0 Å². The number of fused-ring (bicyclic) bond motifs is 1.